The number of nitrogens with one attached hydrogen (secondary N) is 3. The van der Waals surface area contributed by atoms with Crippen molar-refractivity contribution in [3.8, 4) is 0 Å². The summed E-state index contributed by atoms with van der Waals surface area (Å²) in [4.78, 5) is 33.1. The van der Waals surface area contributed by atoms with Crippen molar-refractivity contribution in [3.05, 3.63) is 20.8 Å². The number of aliphatic hydroxyl groups is 1. The van der Waals surface area contributed by atoms with Gasteiger partial charge in [-0.05, 0) is 19.8 Å². The minimum absolute atomic E-state index is 0.0598. The minimum Gasteiger partial charge on any atom is -0.396 e. The molecule has 8 heteroatoms. The fraction of sp³-hybridized carbons (Fsp3) is 0.583. The molecule has 0 amide bonds. The van der Waals surface area contributed by atoms with Crippen LogP contribution in [0.2, 0.25) is 0 Å². The summed E-state index contributed by atoms with van der Waals surface area (Å²) in [6.45, 7) is 4.46. The van der Waals surface area contributed by atoms with Gasteiger partial charge in [-0.2, -0.15) is 4.98 Å². The molecule has 0 aliphatic rings. The SMILES string of the molecule is CCC(C)n1c(=O)[nH]c(=O)c2[nH]c(NCCCO)nc21. The normalized spacial score (nSPS) is 12.8. The molecular weight excluding hydrogens is 262 g/mol. The molecule has 0 radical (unpaired) electrons. The molecule has 2 aromatic heterocycles. The highest BCUT2D eigenvalue weighted by atomic mass is 16.3. The second-order valence-electron chi connectivity index (χ2n) is 4.67. The van der Waals surface area contributed by atoms with E-state index < -0.39 is 11.2 Å². The van der Waals surface area contributed by atoms with Crippen LogP contribution >= 0.6 is 0 Å². The van der Waals surface area contributed by atoms with Crippen LogP contribution < -0.4 is 16.6 Å². The van der Waals surface area contributed by atoms with E-state index in [1.165, 1.54) is 4.57 Å². The summed E-state index contributed by atoms with van der Waals surface area (Å²) >= 11 is 0. The van der Waals surface area contributed by atoms with E-state index in [-0.39, 0.29) is 18.2 Å². The molecule has 0 aromatic carbocycles. The number of anilines is 1. The first-order valence-corrected chi connectivity index (χ1v) is 6.67. The number of nitrogens with zero attached hydrogens (tertiary/aromatic N) is 2. The maximum atomic E-state index is 11.9. The number of aromatic nitrogens is 4. The summed E-state index contributed by atoms with van der Waals surface area (Å²) < 4.78 is 1.48. The summed E-state index contributed by atoms with van der Waals surface area (Å²) in [5.41, 5.74) is -0.312. The Labute approximate surface area is 114 Å². The molecule has 4 N–H and O–H groups in total. The van der Waals surface area contributed by atoms with E-state index in [2.05, 4.69) is 20.3 Å². The Kier molecular flexibility index (Phi) is 4.23. The molecule has 0 saturated heterocycles. The van der Waals surface area contributed by atoms with Crippen LogP contribution in [0.3, 0.4) is 0 Å². The van der Waals surface area contributed by atoms with Gasteiger partial charge < -0.3 is 15.4 Å². The highest BCUT2D eigenvalue weighted by Crippen LogP contribution is 2.14. The van der Waals surface area contributed by atoms with Crippen LogP contribution in [0, 0.1) is 0 Å². The molecule has 2 aromatic rings. The predicted octanol–water partition coefficient (Wildman–Crippen LogP) is 0.178. The van der Waals surface area contributed by atoms with E-state index in [0.29, 0.717) is 24.6 Å². The largest absolute Gasteiger partial charge is 0.396 e. The van der Waals surface area contributed by atoms with Gasteiger partial charge in [0.2, 0.25) is 5.95 Å². The molecule has 0 aliphatic carbocycles. The minimum atomic E-state index is -0.479. The Bertz CT molecular complexity index is 699. The Morgan fingerprint density at radius 3 is 2.80 bits per heavy atom. The average molecular weight is 281 g/mol. The molecule has 0 saturated carbocycles. The number of imidazole rings is 1. The van der Waals surface area contributed by atoms with Crippen LogP contribution in [0.25, 0.3) is 11.2 Å². The highest BCUT2D eigenvalue weighted by molar-refractivity contribution is 5.72. The predicted molar refractivity (Wildman–Crippen MR) is 76.2 cm³/mol. The second kappa shape index (κ2) is 5.91. The number of rotatable bonds is 6. The van der Waals surface area contributed by atoms with Gasteiger partial charge in [-0.15, -0.1) is 0 Å². The Morgan fingerprint density at radius 2 is 2.15 bits per heavy atom. The maximum absolute atomic E-state index is 11.9. The Hall–Kier alpha value is -2.09. The van der Waals surface area contributed by atoms with Crippen LogP contribution in [-0.4, -0.2) is 37.8 Å². The van der Waals surface area contributed by atoms with E-state index in [9.17, 15) is 9.59 Å². The van der Waals surface area contributed by atoms with E-state index in [1.807, 2.05) is 13.8 Å². The van der Waals surface area contributed by atoms with Crippen LogP contribution in [0.15, 0.2) is 9.59 Å². The molecule has 1 atom stereocenters. The standard InChI is InChI=1S/C12H19N5O3/c1-3-7(2)17-9-8(10(19)16-12(17)20)14-11(15-9)13-5-4-6-18/h7,18H,3-6H2,1-2H3,(H2,13,14,15)(H,16,19,20). The van der Waals surface area contributed by atoms with E-state index in [4.69, 9.17) is 5.11 Å². The Morgan fingerprint density at radius 1 is 1.40 bits per heavy atom. The van der Waals surface area contributed by atoms with Gasteiger partial charge in [0.1, 0.15) is 0 Å². The van der Waals surface area contributed by atoms with Gasteiger partial charge >= 0.3 is 5.69 Å². The zero-order valence-electron chi connectivity index (χ0n) is 11.6. The van der Waals surface area contributed by atoms with E-state index >= 15 is 0 Å². The Balaban J connectivity index is 2.51. The van der Waals surface area contributed by atoms with Crippen molar-refractivity contribution in [1.82, 2.24) is 19.5 Å². The van der Waals surface area contributed by atoms with Crippen LogP contribution in [-0.2, 0) is 0 Å². The average Bonchev–Trinajstić information content (AvgIpc) is 2.83. The van der Waals surface area contributed by atoms with E-state index in [0.717, 1.165) is 6.42 Å². The molecule has 0 aliphatic heterocycles. The first-order valence-electron chi connectivity index (χ1n) is 6.67. The number of fused-ring (bicyclic) bond motifs is 1. The zero-order chi connectivity index (χ0) is 14.7. The monoisotopic (exact) mass is 281 g/mol. The second-order valence-corrected chi connectivity index (χ2v) is 4.67. The lowest BCUT2D eigenvalue weighted by Crippen LogP contribution is -2.32. The third-order valence-corrected chi connectivity index (χ3v) is 3.24. The summed E-state index contributed by atoms with van der Waals surface area (Å²) in [5, 5.41) is 11.7. The molecule has 1 unspecified atom stereocenters. The molecule has 20 heavy (non-hydrogen) atoms. The molecule has 0 spiro atoms. The molecule has 2 heterocycles. The van der Waals surface area contributed by atoms with Gasteiger partial charge in [-0.3, -0.25) is 14.3 Å². The molecule has 2 rings (SSSR count). The van der Waals surface area contributed by atoms with Crippen molar-refractivity contribution in [2.24, 2.45) is 0 Å². The third kappa shape index (κ3) is 2.60. The quantitative estimate of drug-likeness (QED) is 0.564. The zero-order valence-corrected chi connectivity index (χ0v) is 11.6. The molecule has 0 bridgehead atoms. The van der Waals surface area contributed by atoms with Crippen LogP contribution in [0.4, 0.5) is 5.95 Å². The van der Waals surface area contributed by atoms with Crippen LogP contribution in [0.5, 0.6) is 0 Å². The topological polar surface area (TPSA) is 116 Å². The van der Waals surface area contributed by atoms with Gasteiger partial charge in [-0.25, -0.2) is 4.79 Å². The summed E-state index contributed by atoms with van der Waals surface area (Å²) in [5.74, 6) is 0.418. The van der Waals surface area contributed by atoms with Crippen molar-refractivity contribution in [1.29, 1.82) is 0 Å². The molecule has 110 valence electrons. The number of aromatic amines is 2. The van der Waals surface area contributed by atoms with Gasteiger partial charge in [0.15, 0.2) is 11.2 Å². The first kappa shape index (κ1) is 14.3. The third-order valence-electron chi connectivity index (χ3n) is 3.24. The number of hydrogen-bond acceptors (Lipinski definition) is 5. The van der Waals surface area contributed by atoms with Crippen molar-refractivity contribution in [2.75, 3.05) is 18.5 Å². The summed E-state index contributed by atoms with van der Waals surface area (Å²) in [7, 11) is 0. The summed E-state index contributed by atoms with van der Waals surface area (Å²) in [6.07, 6.45) is 1.33. The fourth-order valence-corrected chi connectivity index (χ4v) is 1.97. The lowest BCUT2D eigenvalue weighted by atomic mass is 10.2. The van der Waals surface area contributed by atoms with Gasteiger partial charge in [-0.1, -0.05) is 6.92 Å². The highest BCUT2D eigenvalue weighted by Gasteiger charge is 2.15. The van der Waals surface area contributed by atoms with Gasteiger partial charge in [0.25, 0.3) is 5.56 Å². The molecule has 0 fully saturated rings. The van der Waals surface area contributed by atoms with Crippen LogP contribution in [0.1, 0.15) is 32.7 Å². The number of H-pyrrole nitrogens is 2. The maximum Gasteiger partial charge on any atom is 0.330 e. The smallest absolute Gasteiger partial charge is 0.330 e. The van der Waals surface area contributed by atoms with Crippen molar-refractivity contribution < 1.29 is 5.11 Å². The number of hydrogen-bond donors (Lipinski definition) is 4. The van der Waals surface area contributed by atoms with E-state index in [1.54, 1.807) is 0 Å². The fourth-order valence-electron chi connectivity index (χ4n) is 1.97. The molecular formula is C12H19N5O3. The van der Waals surface area contributed by atoms with Crippen molar-refractivity contribution >= 4 is 17.1 Å². The van der Waals surface area contributed by atoms with Gasteiger partial charge in [0, 0.05) is 19.2 Å². The van der Waals surface area contributed by atoms with Crippen molar-refractivity contribution in [3.63, 3.8) is 0 Å². The molecule has 8 nitrogen and oxygen atoms in total. The lowest BCUT2D eigenvalue weighted by Gasteiger charge is -2.12. The number of aliphatic hydroxyl groups excluding tert-OH is 1. The lowest BCUT2D eigenvalue weighted by molar-refractivity contribution is 0.292. The summed E-state index contributed by atoms with van der Waals surface area (Å²) in [6, 6.07) is -0.0598. The van der Waals surface area contributed by atoms with Gasteiger partial charge in [0.05, 0.1) is 0 Å². The van der Waals surface area contributed by atoms with Crippen molar-refractivity contribution in [2.45, 2.75) is 32.7 Å². The first-order chi connectivity index (χ1) is 9.58.